The number of amides is 1. The Kier molecular flexibility index (Phi) is 3.76. The van der Waals surface area contributed by atoms with E-state index in [0.29, 0.717) is 11.8 Å². The van der Waals surface area contributed by atoms with Crippen LogP contribution in [0.15, 0.2) is 0 Å². The Labute approximate surface area is 105 Å². The van der Waals surface area contributed by atoms with E-state index in [1.54, 1.807) is 0 Å². The Balaban J connectivity index is 1.71. The number of nitrogens with two attached hydrogens (primary N) is 1. The molecule has 2 aliphatic rings. The molecular formula is C14H26N2O. The van der Waals surface area contributed by atoms with Gasteiger partial charge in [0.15, 0.2) is 0 Å². The summed E-state index contributed by atoms with van der Waals surface area (Å²) in [7, 11) is 0. The average Bonchev–Trinajstić information content (AvgIpc) is 2.26. The van der Waals surface area contributed by atoms with Gasteiger partial charge in [-0.1, -0.05) is 26.2 Å². The number of nitrogens with one attached hydrogen (secondary N) is 1. The fourth-order valence-corrected chi connectivity index (χ4v) is 3.08. The monoisotopic (exact) mass is 238 g/mol. The molecule has 2 saturated carbocycles. The average molecular weight is 238 g/mol. The molecule has 0 radical (unpaired) electrons. The molecule has 98 valence electrons. The summed E-state index contributed by atoms with van der Waals surface area (Å²) in [6.45, 7) is 3.13. The summed E-state index contributed by atoms with van der Waals surface area (Å²) >= 11 is 0. The van der Waals surface area contributed by atoms with Gasteiger partial charge in [0.05, 0.1) is 0 Å². The maximum Gasteiger partial charge on any atom is 0.221 e. The molecule has 0 aromatic carbocycles. The molecule has 0 aromatic heterocycles. The van der Waals surface area contributed by atoms with Crippen molar-refractivity contribution >= 4 is 5.91 Å². The van der Waals surface area contributed by atoms with Crippen LogP contribution >= 0.6 is 0 Å². The highest BCUT2D eigenvalue weighted by Crippen LogP contribution is 2.35. The number of carbonyl (C=O) groups excluding carboxylic acids is 1. The van der Waals surface area contributed by atoms with Crippen molar-refractivity contribution < 1.29 is 4.79 Å². The Morgan fingerprint density at radius 3 is 2.29 bits per heavy atom. The predicted molar refractivity (Wildman–Crippen MR) is 69.6 cm³/mol. The Morgan fingerprint density at radius 2 is 1.76 bits per heavy atom. The highest BCUT2D eigenvalue weighted by molar-refractivity contribution is 5.77. The van der Waals surface area contributed by atoms with Crippen LogP contribution in [0, 0.1) is 5.41 Å². The maximum absolute atomic E-state index is 11.8. The lowest BCUT2D eigenvalue weighted by Gasteiger charge is -2.38. The van der Waals surface area contributed by atoms with Crippen molar-refractivity contribution in [2.45, 2.75) is 70.3 Å². The van der Waals surface area contributed by atoms with Gasteiger partial charge < -0.3 is 11.1 Å². The van der Waals surface area contributed by atoms with Crippen molar-refractivity contribution in [2.24, 2.45) is 11.1 Å². The molecule has 0 aromatic rings. The van der Waals surface area contributed by atoms with Crippen LogP contribution in [0.3, 0.4) is 0 Å². The van der Waals surface area contributed by atoms with Gasteiger partial charge in [-0.25, -0.2) is 0 Å². The van der Waals surface area contributed by atoms with Gasteiger partial charge in [-0.3, -0.25) is 4.79 Å². The summed E-state index contributed by atoms with van der Waals surface area (Å²) in [5, 5.41) is 3.10. The fourth-order valence-electron chi connectivity index (χ4n) is 3.08. The van der Waals surface area contributed by atoms with E-state index < -0.39 is 0 Å². The van der Waals surface area contributed by atoms with E-state index in [4.69, 9.17) is 5.73 Å². The van der Waals surface area contributed by atoms with Crippen LogP contribution in [-0.2, 0) is 4.79 Å². The van der Waals surface area contributed by atoms with Crippen molar-refractivity contribution in [3.63, 3.8) is 0 Å². The number of carbonyl (C=O) groups is 1. The molecule has 0 heterocycles. The number of hydrogen-bond acceptors (Lipinski definition) is 2. The third kappa shape index (κ3) is 3.44. The molecule has 0 atom stereocenters. The second-order valence-corrected chi connectivity index (χ2v) is 6.54. The van der Waals surface area contributed by atoms with E-state index in [1.807, 2.05) is 0 Å². The minimum atomic E-state index is -0.183. The van der Waals surface area contributed by atoms with E-state index in [2.05, 4.69) is 12.2 Å². The normalized spacial score (nSPS) is 26.0. The van der Waals surface area contributed by atoms with Crippen LogP contribution in [0.1, 0.15) is 64.7 Å². The molecule has 2 fully saturated rings. The Morgan fingerprint density at radius 1 is 1.12 bits per heavy atom. The van der Waals surface area contributed by atoms with Crippen molar-refractivity contribution in [3.8, 4) is 0 Å². The molecule has 17 heavy (non-hydrogen) atoms. The van der Waals surface area contributed by atoms with Gasteiger partial charge in [-0.2, -0.15) is 0 Å². The highest BCUT2D eigenvalue weighted by Gasteiger charge is 2.35. The zero-order valence-electron chi connectivity index (χ0n) is 11.1. The highest BCUT2D eigenvalue weighted by atomic mass is 16.1. The third-order valence-electron chi connectivity index (χ3n) is 4.63. The van der Waals surface area contributed by atoms with Crippen LogP contribution in [0.4, 0.5) is 0 Å². The summed E-state index contributed by atoms with van der Waals surface area (Å²) in [6, 6.07) is 0. The second-order valence-electron chi connectivity index (χ2n) is 6.54. The quantitative estimate of drug-likeness (QED) is 0.790. The zero-order chi connectivity index (χ0) is 12.4. The fraction of sp³-hybridized carbons (Fsp3) is 0.929. The van der Waals surface area contributed by atoms with Gasteiger partial charge in [-0.05, 0) is 37.5 Å². The van der Waals surface area contributed by atoms with Gasteiger partial charge in [0.2, 0.25) is 5.91 Å². The lowest BCUT2D eigenvalue weighted by molar-refractivity contribution is -0.123. The van der Waals surface area contributed by atoms with Crippen LogP contribution < -0.4 is 11.1 Å². The third-order valence-corrected chi connectivity index (χ3v) is 4.63. The molecule has 0 unspecified atom stereocenters. The largest absolute Gasteiger partial charge is 0.355 e. The number of hydrogen-bond donors (Lipinski definition) is 2. The number of rotatable bonds is 4. The minimum absolute atomic E-state index is 0.152. The first kappa shape index (κ1) is 12.9. The van der Waals surface area contributed by atoms with Gasteiger partial charge in [0.1, 0.15) is 0 Å². The van der Waals surface area contributed by atoms with Gasteiger partial charge in [-0.15, -0.1) is 0 Å². The molecule has 1 amide bonds. The molecular weight excluding hydrogens is 212 g/mol. The summed E-state index contributed by atoms with van der Waals surface area (Å²) in [5.74, 6) is 0.152. The molecule has 3 N–H and O–H groups in total. The topological polar surface area (TPSA) is 55.1 Å². The van der Waals surface area contributed by atoms with Crippen LogP contribution in [0.5, 0.6) is 0 Å². The second kappa shape index (κ2) is 4.97. The van der Waals surface area contributed by atoms with E-state index in [-0.39, 0.29) is 11.4 Å². The summed E-state index contributed by atoms with van der Waals surface area (Å²) < 4.78 is 0. The maximum atomic E-state index is 11.8. The van der Waals surface area contributed by atoms with Crippen molar-refractivity contribution in [1.29, 1.82) is 0 Å². The molecule has 0 spiro atoms. The smallest absolute Gasteiger partial charge is 0.221 e. The van der Waals surface area contributed by atoms with E-state index in [9.17, 15) is 4.79 Å². The van der Waals surface area contributed by atoms with Crippen LogP contribution in [-0.4, -0.2) is 18.0 Å². The molecule has 2 rings (SSSR count). The minimum Gasteiger partial charge on any atom is -0.355 e. The van der Waals surface area contributed by atoms with Crippen molar-refractivity contribution in [3.05, 3.63) is 0 Å². The van der Waals surface area contributed by atoms with Gasteiger partial charge in [0.25, 0.3) is 0 Å². The molecule has 0 bridgehead atoms. The molecule has 3 nitrogen and oxygen atoms in total. The molecule has 3 heteroatoms. The van der Waals surface area contributed by atoms with Crippen molar-refractivity contribution in [1.82, 2.24) is 5.32 Å². The first-order valence-corrected chi connectivity index (χ1v) is 7.07. The lowest BCUT2D eigenvalue weighted by atomic mass is 9.74. The Hall–Kier alpha value is -0.570. The zero-order valence-corrected chi connectivity index (χ0v) is 11.1. The summed E-state index contributed by atoms with van der Waals surface area (Å²) in [5.41, 5.74) is 6.23. The van der Waals surface area contributed by atoms with Gasteiger partial charge >= 0.3 is 0 Å². The van der Waals surface area contributed by atoms with E-state index in [1.165, 1.54) is 38.5 Å². The first-order valence-electron chi connectivity index (χ1n) is 7.07. The molecule has 0 saturated heterocycles. The standard InChI is InChI=1S/C14H26N2O/c1-13(6-3-2-4-7-13)11-16-12(17)10-14(15)8-5-9-14/h2-11,15H2,1H3,(H,16,17). The van der Waals surface area contributed by atoms with Crippen LogP contribution in [0.2, 0.25) is 0 Å². The first-order chi connectivity index (χ1) is 8.02. The molecule has 2 aliphatic carbocycles. The SMILES string of the molecule is CC1(CNC(=O)CC2(N)CCC2)CCCCC1. The molecule has 0 aliphatic heterocycles. The van der Waals surface area contributed by atoms with E-state index >= 15 is 0 Å². The summed E-state index contributed by atoms with van der Waals surface area (Å²) in [4.78, 5) is 11.8. The van der Waals surface area contributed by atoms with E-state index in [0.717, 1.165) is 19.4 Å². The van der Waals surface area contributed by atoms with Gasteiger partial charge in [0, 0.05) is 18.5 Å². The summed E-state index contributed by atoms with van der Waals surface area (Å²) in [6.07, 6.45) is 10.2. The Bertz CT molecular complexity index is 278. The van der Waals surface area contributed by atoms with Crippen molar-refractivity contribution in [2.75, 3.05) is 6.54 Å². The predicted octanol–water partition coefficient (Wildman–Crippen LogP) is 2.34. The lowest BCUT2D eigenvalue weighted by Crippen LogP contribution is -2.50. The van der Waals surface area contributed by atoms with Crippen LogP contribution in [0.25, 0.3) is 0 Å².